The summed E-state index contributed by atoms with van der Waals surface area (Å²) in [7, 11) is 0. The van der Waals surface area contributed by atoms with Crippen LogP contribution in [0.25, 0.3) is 11.2 Å². The summed E-state index contributed by atoms with van der Waals surface area (Å²) in [5, 5.41) is 13.8. The Morgan fingerprint density at radius 3 is 2.78 bits per heavy atom. The summed E-state index contributed by atoms with van der Waals surface area (Å²) in [6.45, 7) is 1.86. The topological polar surface area (TPSA) is 111 Å². The molecule has 2 aliphatic rings. The van der Waals surface area contributed by atoms with Crippen molar-refractivity contribution < 1.29 is 9.84 Å². The molecule has 1 saturated carbocycles. The van der Waals surface area contributed by atoms with E-state index in [4.69, 9.17) is 10.5 Å². The molecular weight excluding hydrogens is 296 g/mol. The number of imidazole rings is 1. The highest BCUT2D eigenvalue weighted by atomic mass is 16.5. The van der Waals surface area contributed by atoms with E-state index in [1.165, 1.54) is 19.2 Å². The molecule has 4 N–H and O–H groups in total. The van der Waals surface area contributed by atoms with Gasteiger partial charge in [-0.25, -0.2) is 15.0 Å². The first kappa shape index (κ1) is 14.8. The first-order valence-corrected chi connectivity index (χ1v) is 8.18. The van der Waals surface area contributed by atoms with Crippen LogP contribution in [0.3, 0.4) is 0 Å². The molecule has 8 nitrogen and oxygen atoms in total. The van der Waals surface area contributed by atoms with Crippen molar-refractivity contribution in [3.63, 3.8) is 0 Å². The number of aliphatic hydroxyl groups excluding tert-OH is 1. The molecule has 2 aromatic heterocycles. The zero-order valence-corrected chi connectivity index (χ0v) is 13.1. The largest absolute Gasteiger partial charge is 0.387 e. The van der Waals surface area contributed by atoms with Crippen LogP contribution >= 0.6 is 0 Å². The molecule has 124 valence electrons. The Morgan fingerprint density at radius 1 is 1.30 bits per heavy atom. The fourth-order valence-corrected chi connectivity index (χ4v) is 3.50. The second-order valence-electron chi connectivity index (χ2n) is 6.47. The van der Waals surface area contributed by atoms with Gasteiger partial charge < -0.3 is 20.9 Å². The van der Waals surface area contributed by atoms with E-state index >= 15 is 0 Å². The van der Waals surface area contributed by atoms with E-state index < -0.39 is 18.4 Å². The van der Waals surface area contributed by atoms with E-state index in [1.807, 2.05) is 6.92 Å². The summed E-state index contributed by atoms with van der Waals surface area (Å²) < 4.78 is 7.52. The molecule has 0 bridgehead atoms. The maximum absolute atomic E-state index is 10.3. The van der Waals surface area contributed by atoms with Crippen LogP contribution in [0.15, 0.2) is 12.7 Å². The Bertz CT molecular complexity index is 698. The molecule has 2 fully saturated rings. The van der Waals surface area contributed by atoms with Crippen LogP contribution in [0.5, 0.6) is 0 Å². The Balaban J connectivity index is 1.67. The second-order valence-corrected chi connectivity index (χ2v) is 6.47. The number of aliphatic hydroxyl groups is 1. The number of hydrogen-bond donors (Lipinski definition) is 3. The highest BCUT2D eigenvalue weighted by Crippen LogP contribution is 2.31. The predicted molar refractivity (Wildman–Crippen MR) is 84.8 cm³/mol. The molecule has 1 saturated heterocycles. The van der Waals surface area contributed by atoms with Crippen LogP contribution in [0.4, 0.5) is 5.82 Å². The molecule has 0 amide bonds. The van der Waals surface area contributed by atoms with Crippen molar-refractivity contribution in [1.82, 2.24) is 19.5 Å². The lowest BCUT2D eigenvalue weighted by molar-refractivity contribution is -0.0297. The fourth-order valence-electron chi connectivity index (χ4n) is 3.50. The lowest BCUT2D eigenvalue weighted by Gasteiger charge is -2.17. The summed E-state index contributed by atoms with van der Waals surface area (Å²) in [6, 6.07) is 0.0235. The molecule has 8 heteroatoms. The maximum atomic E-state index is 10.3. The maximum Gasteiger partial charge on any atom is 0.167 e. The average Bonchev–Trinajstić information content (AvgIpc) is 3.25. The normalized spacial score (nSPS) is 32.0. The van der Waals surface area contributed by atoms with Gasteiger partial charge >= 0.3 is 0 Å². The zero-order valence-electron chi connectivity index (χ0n) is 13.1. The summed E-state index contributed by atoms with van der Waals surface area (Å²) >= 11 is 0. The van der Waals surface area contributed by atoms with Crippen molar-refractivity contribution in [2.45, 2.75) is 63.1 Å². The number of rotatable bonds is 3. The molecule has 4 atom stereocenters. The number of aromatic nitrogens is 4. The number of hydrogen-bond acceptors (Lipinski definition) is 7. The smallest absolute Gasteiger partial charge is 0.167 e. The molecular formula is C15H22N6O2. The molecule has 0 spiro atoms. The molecule has 0 radical (unpaired) electrons. The number of fused-ring (bicyclic) bond motifs is 1. The van der Waals surface area contributed by atoms with Crippen molar-refractivity contribution in [3.05, 3.63) is 12.7 Å². The average molecular weight is 318 g/mol. The van der Waals surface area contributed by atoms with E-state index in [1.54, 1.807) is 10.9 Å². The quantitative estimate of drug-likeness (QED) is 0.767. The molecule has 3 heterocycles. The van der Waals surface area contributed by atoms with Gasteiger partial charge in [-0.2, -0.15) is 0 Å². The minimum absolute atomic E-state index is 0.217. The van der Waals surface area contributed by atoms with E-state index in [9.17, 15) is 5.11 Å². The highest BCUT2D eigenvalue weighted by molar-refractivity contribution is 5.82. The Morgan fingerprint density at radius 2 is 2.09 bits per heavy atom. The molecule has 4 rings (SSSR count). The van der Waals surface area contributed by atoms with Crippen LogP contribution in [0.1, 0.15) is 38.8 Å². The third-order valence-electron chi connectivity index (χ3n) is 4.91. The Kier molecular flexibility index (Phi) is 3.67. The van der Waals surface area contributed by atoms with Gasteiger partial charge in [-0.1, -0.05) is 12.8 Å². The lowest BCUT2D eigenvalue weighted by Crippen LogP contribution is -2.38. The van der Waals surface area contributed by atoms with Gasteiger partial charge in [-0.05, 0) is 19.8 Å². The van der Waals surface area contributed by atoms with Crippen LogP contribution in [-0.4, -0.2) is 48.9 Å². The summed E-state index contributed by atoms with van der Waals surface area (Å²) in [5.74, 6) is 0.741. The summed E-state index contributed by atoms with van der Waals surface area (Å²) in [5.41, 5.74) is 7.29. The van der Waals surface area contributed by atoms with Gasteiger partial charge in [0.15, 0.2) is 23.2 Å². The monoisotopic (exact) mass is 318 g/mol. The van der Waals surface area contributed by atoms with Gasteiger partial charge in [-0.3, -0.25) is 4.57 Å². The lowest BCUT2D eigenvalue weighted by atomic mass is 10.1. The molecule has 0 aromatic carbocycles. The second kappa shape index (κ2) is 5.70. The number of nitrogens with zero attached hydrogens (tertiary/aromatic N) is 4. The van der Waals surface area contributed by atoms with Gasteiger partial charge in [0.2, 0.25) is 0 Å². The van der Waals surface area contributed by atoms with Gasteiger partial charge in [0, 0.05) is 6.04 Å². The number of nitrogens with one attached hydrogen (secondary N) is 1. The molecule has 1 aliphatic carbocycles. The van der Waals surface area contributed by atoms with Crippen LogP contribution in [-0.2, 0) is 4.74 Å². The fraction of sp³-hybridized carbons (Fsp3) is 0.667. The van der Waals surface area contributed by atoms with Gasteiger partial charge in [0.1, 0.15) is 12.4 Å². The SMILES string of the molecule is C[C@H]1O[C@@H](n2cnc3c(NC4CCCC4)ncnc32)[C@H](O)[C@@H]1N. The van der Waals surface area contributed by atoms with Crippen molar-refractivity contribution >= 4 is 17.0 Å². The zero-order chi connectivity index (χ0) is 16.0. The third-order valence-corrected chi connectivity index (χ3v) is 4.91. The minimum atomic E-state index is -0.788. The van der Waals surface area contributed by atoms with Crippen molar-refractivity contribution in [2.24, 2.45) is 5.73 Å². The van der Waals surface area contributed by atoms with E-state index in [0.717, 1.165) is 18.7 Å². The number of ether oxygens (including phenoxy) is 1. The first-order valence-electron chi connectivity index (χ1n) is 8.18. The summed E-state index contributed by atoms with van der Waals surface area (Å²) in [6.07, 6.45) is 6.39. The van der Waals surface area contributed by atoms with E-state index in [2.05, 4.69) is 20.3 Å². The van der Waals surface area contributed by atoms with Crippen LogP contribution in [0, 0.1) is 0 Å². The van der Waals surface area contributed by atoms with Crippen LogP contribution < -0.4 is 11.1 Å². The minimum Gasteiger partial charge on any atom is -0.387 e. The molecule has 23 heavy (non-hydrogen) atoms. The molecule has 0 unspecified atom stereocenters. The highest BCUT2D eigenvalue weighted by Gasteiger charge is 2.40. The van der Waals surface area contributed by atoms with Gasteiger partial charge in [0.25, 0.3) is 0 Å². The number of nitrogens with two attached hydrogens (primary N) is 1. The Labute approximate surface area is 134 Å². The molecule has 2 aromatic rings. The van der Waals surface area contributed by atoms with Crippen molar-refractivity contribution in [2.75, 3.05) is 5.32 Å². The summed E-state index contributed by atoms with van der Waals surface area (Å²) in [4.78, 5) is 13.1. The van der Waals surface area contributed by atoms with E-state index in [0.29, 0.717) is 17.2 Å². The molecule has 1 aliphatic heterocycles. The Hall–Kier alpha value is -1.77. The van der Waals surface area contributed by atoms with E-state index in [-0.39, 0.29) is 6.10 Å². The number of anilines is 1. The van der Waals surface area contributed by atoms with Gasteiger partial charge in [-0.15, -0.1) is 0 Å². The first-order chi connectivity index (χ1) is 11.1. The van der Waals surface area contributed by atoms with Crippen molar-refractivity contribution in [3.8, 4) is 0 Å². The van der Waals surface area contributed by atoms with Crippen molar-refractivity contribution in [1.29, 1.82) is 0 Å². The van der Waals surface area contributed by atoms with Gasteiger partial charge in [0.05, 0.1) is 18.5 Å². The standard InChI is InChI=1S/C15H22N6O2/c1-8-10(16)12(22)15(23-8)21-7-19-11-13(17-6-18-14(11)21)20-9-4-2-3-5-9/h6-10,12,15,22H,2-5,16H2,1H3,(H,17,18,20)/t8-,10-,12-,15-/m1/s1. The predicted octanol–water partition coefficient (Wildman–Crippen LogP) is 0.786. The van der Waals surface area contributed by atoms with Crippen LogP contribution in [0.2, 0.25) is 0 Å². The third kappa shape index (κ3) is 2.46.